The number of fused-ring (bicyclic) bond motifs is 1. The number of nitrogens with two attached hydrogens (primary N) is 1. The number of rotatable bonds is 3. The molecule has 3 rings (SSSR count). The van der Waals surface area contributed by atoms with Crippen LogP contribution >= 0.6 is 0 Å². The molecule has 1 unspecified atom stereocenters. The molecule has 0 aliphatic rings. The van der Waals surface area contributed by atoms with Crippen molar-refractivity contribution in [3.63, 3.8) is 0 Å². The number of hydrogen-bond acceptors (Lipinski definition) is 3. The van der Waals surface area contributed by atoms with Crippen molar-refractivity contribution in [3.8, 4) is 5.75 Å². The number of aromatic nitrogens is 2. The SMILES string of the molecule is NC(Cc1c[nH]c2ccc(O)cc12)c1ccccn1. The first kappa shape index (κ1) is 11.7. The van der Waals surface area contributed by atoms with Crippen molar-refractivity contribution < 1.29 is 5.11 Å². The Hall–Kier alpha value is -2.33. The van der Waals surface area contributed by atoms with E-state index in [9.17, 15) is 5.11 Å². The van der Waals surface area contributed by atoms with Gasteiger partial charge in [-0.3, -0.25) is 4.98 Å². The van der Waals surface area contributed by atoms with Gasteiger partial charge in [-0.2, -0.15) is 0 Å². The number of phenols is 1. The van der Waals surface area contributed by atoms with Gasteiger partial charge in [0.15, 0.2) is 0 Å². The Labute approximate surface area is 110 Å². The standard InChI is InChI=1S/C15H15N3O/c16-13(15-3-1-2-6-17-15)7-10-9-18-14-5-4-11(19)8-12(10)14/h1-6,8-9,13,18-19H,7,16H2. The van der Waals surface area contributed by atoms with Crippen LogP contribution in [0.15, 0.2) is 48.8 Å². The summed E-state index contributed by atoms with van der Waals surface area (Å²) in [6.07, 6.45) is 4.36. The van der Waals surface area contributed by atoms with E-state index in [1.54, 1.807) is 18.3 Å². The zero-order valence-electron chi connectivity index (χ0n) is 10.4. The molecule has 1 aromatic carbocycles. The molecule has 0 bridgehead atoms. The molecule has 4 nitrogen and oxygen atoms in total. The Kier molecular flexibility index (Phi) is 2.93. The van der Waals surface area contributed by atoms with Crippen LogP contribution in [0.2, 0.25) is 0 Å². The maximum absolute atomic E-state index is 9.57. The minimum absolute atomic E-state index is 0.150. The Morgan fingerprint density at radius 1 is 1.26 bits per heavy atom. The lowest BCUT2D eigenvalue weighted by Gasteiger charge is -2.10. The summed E-state index contributed by atoms with van der Waals surface area (Å²) in [4.78, 5) is 7.46. The zero-order chi connectivity index (χ0) is 13.2. The molecule has 4 N–H and O–H groups in total. The highest BCUT2D eigenvalue weighted by Gasteiger charge is 2.11. The van der Waals surface area contributed by atoms with E-state index in [4.69, 9.17) is 5.73 Å². The molecule has 1 atom stereocenters. The number of pyridine rings is 1. The van der Waals surface area contributed by atoms with Crippen molar-refractivity contribution in [2.24, 2.45) is 5.73 Å². The number of phenolic OH excluding ortho intramolecular Hbond substituents is 1. The van der Waals surface area contributed by atoms with Crippen molar-refractivity contribution in [3.05, 3.63) is 60.0 Å². The summed E-state index contributed by atoms with van der Waals surface area (Å²) in [7, 11) is 0. The van der Waals surface area contributed by atoms with E-state index in [0.717, 1.165) is 22.2 Å². The normalized spacial score (nSPS) is 12.7. The van der Waals surface area contributed by atoms with Crippen LogP contribution < -0.4 is 5.73 Å². The van der Waals surface area contributed by atoms with Crippen molar-refractivity contribution in [1.29, 1.82) is 0 Å². The minimum Gasteiger partial charge on any atom is -0.508 e. The molecule has 4 heteroatoms. The Balaban J connectivity index is 1.91. The largest absolute Gasteiger partial charge is 0.508 e. The van der Waals surface area contributed by atoms with Gasteiger partial charge in [0.05, 0.1) is 11.7 Å². The van der Waals surface area contributed by atoms with Gasteiger partial charge in [-0.15, -0.1) is 0 Å². The molecule has 0 spiro atoms. The van der Waals surface area contributed by atoms with Crippen LogP contribution in [0.4, 0.5) is 0 Å². The highest BCUT2D eigenvalue weighted by Crippen LogP contribution is 2.25. The first-order chi connectivity index (χ1) is 9.24. The number of aromatic amines is 1. The van der Waals surface area contributed by atoms with Gasteiger partial charge >= 0.3 is 0 Å². The van der Waals surface area contributed by atoms with Gasteiger partial charge in [0.2, 0.25) is 0 Å². The molecule has 2 aromatic heterocycles. The second kappa shape index (κ2) is 4.74. The second-order valence-corrected chi connectivity index (χ2v) is 4.61. The number of benzene rings is 1. The van der Waals surface area contributed by atoms with Gasteiger partial charge in [-0.05, 0) is 42.3 Å². The van der Waals surface area contributed by atoms with Crippen LogP contribution in [0.25, 0.3) is 10.9 Å². The first-order valence-corrected chi connectivity index (χ1v) is 6.19. The molecule has 19 heavy (non-hydrogen) atoms. The van der Waals surface area contributed by atoms with Crippen molar-refractivity contribution in [2.45, 2.75) is 12.5 Å². The van der Waals surface area contributed by atoms with E-state index in [2.05, 4.69) is 9.97 Å². The first-order valence-electron chi connectivity index (χ1n) is 6.19. The monoisotopic (exact) mass is 253 g/mol. The Morgan fingerprint density at radius 2 is 2.16 bits per heavy atom. The van der Waals surface area contributed by atoms with Crippen molar-refractivity contribution in [2.75, 3.05) is 0 Å². The fraction of sp³-hybridized carbons (Fsp3) is 0.133. The molecule has 0 saturated carbocycles. The molecular weight excluding hydrogens is 238 g/mol. The third kappa shape index (κ3) is 2.30. The summed E-state index contributed by atoms with van der Waals surface area (Å²) in [6.45, 7) is 0. The molecule has 0 radical (unpaired) electrons. The van der Waals surface area contributed by atoms with Gasteiger partial charge in [0, 0.05) is 23.3 Å². The van der Waals surface area contributed by atoms with Crippen molar-refractivity contribution in [1.82, 2.24) is 9.97 Å². The summed E-state index contributed by atoms with van der Waals surface area (Å²) in [5.41, 5.74) is 9.14. The molecule has 0 aliphatic carbocycles. The van der Waals surface area contributed by atoms with Crippen LogP contribution in [-0.4, -0.2) is 15.1 Å². The minimum atomic E-state index is -0.150. The molecular formula is C15H15N3O. The number of H-pyrrole nitrogens is 1. The van der Waals surface area contributed by atoms with Gasteiger partial charge in [-0.25, -0.2) is 0 Å². The van der Waals surface area contributed by atoms with Crippen LogP contribution in [0.3, 0.4) is 0 Å². The number of nitrogens with one attached hydrogen (secondary N) is 1. The molecule has 0 fully saturated rings. The van der Waals surface area contributed by atoms with E-state index >= 15 is 0 Å². The number of aromatic hydroxyl groups is 1. The lowest BCUT2D eigenvalue weighted by atomic mass is 10.0. The molecule has 96 valence electrons. The summed E-state index contributed by atoms with van der Waals surface area (Å²) in [5.74, 6) is 0.264. The predicted molar refractivity (Wildman–Crippen MR) is 74.8 cm³/mol. The fourth-order valence-electron chi connectivity index (χ4n) is 2.27. The molecule has 2 heterocycles. The lowest BCUT2D eigenvalue weighted by Crippen LogP contribution is -2.14. The van der Waals surface area contributed by atoms with Crippen LogP contribution in [-0.2, 0) is 6.42 Å². The van der Waals surface area contributed by atoms with Crippen LogP contribution in [0.1, 0.15) is 17.3 Å². The molecule has 3 aromatic rings. The summed E-state index contributed by atoms with van der Waals surface area (Å²) < 4.78 is 0. The third-order valence-corrected chi connectivity index (χ3v) is 3.26. The molecule has 0 aliphatic heterocycles. The zero-order valence-corrected chi connectivity index (χ0v) is 10.4. The quantitative estimate of drug-likeness (QED) is 0.671. The average Bonchev–Trinajstić information content (AvgIpc) is 2.82. The van der Waals surface area contributed by atoms with Gasteiger partial charge < -0.3 is 15.8 Å². The van der Waals surface area contributed by atoms with E-state index < -0.39 is 0 Å². The molecule has 0 amide bonds. The highest BCUT2D eigenvalue weighted by atomic mass is 16.3. The summed E-state index contributed by atoms with van der Waals surface area (Å²) in [6, 6.07) is 10.9. The number of nitrogens with zero attached hydrogens (tertiary/aromatic N) is 1. The van der Waals surface area contributed by atoms with E-state index in [-0.39, 0.29) is 11.8 Å². The van der Waals surface area contributed by atoms with Crippen molar-refractivity contribution >= 4 is 10.9 Å². The topological polar surface area (TPSA) is 74.9 Å². The smallest absolute Gasteiger partial charge is 0.116 e. The average molecular weight is 253 g/mol. The maximum Gasteiger partial charge on any atom is 0.116 e. The Bertz CT molecular complexity index is 691. The van der Waals surface area contributed by atoms with Gasteiger partial charge in [0.1, 0.15) is 5.75 Å². The fourth-order valence-corrected chi connectivity index (χ4v) is 2.27. The van der Waals surface area contributed by atoms with E-state index in [1.165, 1.54) is 0 Å². The van der Waals surface area contributed by atoms with Gasteiger partial charge in [0.25, 0.3) is 0 Å². The lowest BCUT2D eigenvalue weighted by molar-refractivity contribution is 0.476. The summed E-state index contributed by atoms with van der Waals surface area (Å²) in [5, 5.41) is 10.6. The maximum atomic E-state index is 9.57. The van der Waals surface area contributed by atoms with E-state index in [0.29, 0.717) is 6.42 Å². The number of hydrogen-bond donors (Lipinski definition) is 3. The van der Waals surface area contributed by atoms with E-state index in [1.807, 2.05) is 30.5 Å². The predicted octanol–water partition coefficient (Wildman–Crippen LogP) is 2.51. The summed E-state index contributed by atoms with van der Waals surface area (Å²) >= 11 is 0. The van der Waals surface area contributed by atoms with Gasteiger partial charge in [-0.1, -0.05) is 6.07 Å². The van der Waals surface area contributed by atoms with Crippen LogP contribution in [0, 0.1) is 0 Å². The molecule has 0 saturated heterocycles. The Morgan fingerprint density at radius 3 is 2.95 bits per heavy atom. The highest BCUT2D eigenvalue weighted by molar-refractivity contribution is 5.84. The third-order valence-electron chi connectivity index (χ3n) is 3.26. The second-order valence-electron chi connectivity index (χ2n) is 4.61. The van der Waals surface area contributed by atoms with Crippen LogP contribution in [0.5, 0.6) is 5.75 Å².